The summed E-state index contributed by atoms with van der Waals surface area (Å²) in [5.74, 6) is -0.572. The van der Waals surface area contributed by atoms with Crippen molar-refractivity contribution in [2.45, 2.75) is 58.8 Å². The van der Waals surface area contributed by atoms with Crippen LogP contribution in [0.4, 0.5) is 8.78 Å². The summed E-state index contributed by atoms with van der Waals surface area (Å²) >= 11 is 0. The molecule has 1 saturated carbocycles. The Morgan fingerprint density at radius 2 is 1.86 bits per heavy atom. The zero-order valence-corrected chi connectivity index (χ0v) is 24.2. The topological polar surface area (TPSA) is 72.6 Å². The van der Waals surface area contributed by atoms with E-state index in [-0.39, 0.29) is 25.4 Å². The minimum Gasteiger partial charge on any atom is -0.488 e. The Labute approximate surface area is 244 Å². The molecule has 0 amide bonds. The van der Waals surface area contributed by atoms with Crippen LogP contribution in [0.5, 0.6) is 11.6 Å². The molecule has 4 aromatic rings. The van der Waals surface area contributed by atoms with E-state index >= 15 is 0 Å². The Hall–Kier alpha value is -3.82. The predicted octanol–water partition coefficient (Wildman–Crippen LogP) is 6.03. The highest BCUT2D eigenvalue weighted by Crippen LogP contribution is 2.43. The fraction of sp³-hybridized carbons (Fsp3) is 0.394. The lowest BCUT2D eigenvalue weighted by atomic mass is 9.80. The van der Waals surface area contributed by atoms with Gasteiger partial charge in [0.1, 0.15) is 12.4 Å². The summed E-state index contributed by atoms with van der Waals surface area (Å²) in [5.41, 5.74) is 8.20. The van der Waals surface area contributed by atoms with Crippen LogP contribution in [0.15, 0.2) is 54.7 Å². The Morgan fingerprint density at radius 3 is 2.62 bits per heavy atom. The normalized spacial score (nSPS) is 16.6. The second-order valence-electron chi connectivity index (χ2n) is 11.5. The molecule has 42 heavy (non-hydrogen) atoms. The van der Waals surface area contributed by atoms with Crippen molar-refractivity contribution in [1.29, 1.82) is 0 Å². The molecule has 2 aliphatic rings. The number of hydrogen-bond donors (Lipinski definition) is 1. The number of aryl methyl sites for hydroxylation is 1. The van der Waals surface area contributed by atoms with Gasteiger partial charge in [0.05, 0.1) is 31.2 Å². The maximum absolute atomic E-state index is 13.3. The standard InChI is InChI=1S/C33H36F2N4O3/c1-21-6-4-7-28(29-8-5-9-30(37-29)39-32(41-3)26(19-40)16-36-39)31(21)42-20-25-11-10-24-18-38(13-12-27(24)22(25)2)17-23-14-33(34,35)15-23/h4-11,16,23,40H,12-15,17-20H2,1-3H3. The SMILES string of the molecule is COc1c(CO)cnn1-c1cccc(-c2cccc(C)c2OCc2ccc3c(c2C)CCN(CC2CC(F)(F)C2)C3)n1. The van der Waals surface area contributed by atoms with Crippen molar-refractivity contribution in [1.82, 2.24) is 19.7 Å². The average Bonchev–Trinajstić information content (AvgIpc) is 3.40. The molecule has 1 aliphatic heterocycles. The fourth-order valence-corrected chi connectivity index (χ4v) is 6.29. The van der Waals surface area contributed by atoms with Gasteiger partial charge in [0.25, 0.3) is 0 Å². The molecule has 2 aromatic carbocycles. The summed E-state index contributed by atoms with van der Waals surface area (Å²) in [6.07, 6.45) is 2.53. The van der Waals surface area contributed by atoms with Crippen LogP contribution >= 0.6 is 0 Å². The monoisotopic (exact) mass is 574 g/mol. The van der Waals surface area contributed by atoms with Gasteiger partial charge in [0.15, 0.2) is 5.82 Å². The first-order valence-corrected chi connectivity index (χ1v) is 14.4. The number of alkyl halides is 2. The maximum Gasteiger partial charge on any atom is 0.248 e. The highest BCUT2D eigenvalue weighted by molar-refractivity contribution is 5.69. The van der Waals surface area contributed by atoms with Crippen molar-refractivity contribution in [3.8, 4) is 28.7 Å². The van der Waals surface area contributed by atoms with E-state index in [9.17, 15) is 13.9 Å². The molecule has 0 atom stereocenters. The first-order chi connectivity index (χ1) is 20.3. The van der Waals surface area contributed by atoms with Crippen molar-refractivity contribution in [2.75, 3.05) is 20.2 Å². The van der Waals surface area contributed by atoms with Crippen molar-refractivity contribution in [3.63, 3.8) is 0 Å². The average molecular weight is 575 g/mol. The highest BCUT2D eigenvalue weighted by Gasteiger charge is 2.45. The summed E-state index contributed by atoms with van der Waals surface area (Å²) in [4.78, 5) is 7.18. The number of nitrogens with zero attached hydrogens (tertiary/aromatic N) is 4. The summed E-state index contributed by atoms with van der Waals surface area (Å²) in [6.45, 7) is 6.88. The molecule has 1 N–H and O–H groups in total. The van der Waals surface area contributed by atoms with Crippen LogP contribution in [0, 0.1) is 19.8 Å². The van der Waals surface area contributed by atoms with E-state index in [1.807, 2.05) is 43.3 Å². The van der Waals surface area contributed by atoms with Gasteiger partial charge in [0.2, 0.25) is 11.8 Å². The van der Waals surface area contributed by atoms with Gasteiger partial charge in [-0.25, -0.2) is 13.8 Å². The first kappa shape index (κ1) is 28.3. The lowest BCUT2D eigenvalue weighted by Crippen LogP contribution is -2.44. The van der Waals surface area contributed by atoms with Crippen LogP contribution in [0.2, 0.25) is 0 Å². The van der Waals surface area contributed by atoms with Gasteiger partial charge in [-0.15, -0.1) is 0 Å². The molecule has 1 fully saturated rings. The van der Waals surface area contributed by atoms with E-state index in [2.05, 4.69) is 29.1 Å². The second kappa shape index (κ2) is 11.5. The van der Waals surface area contributed by atoms with E-state index < -0.39 is 5.92 Å². The Kier molecular flexibility index (Phi) is 7.72. The number of aliphatic hydroxyl groups excluding tert-OH is 1. The predicted molar refractivity (Wildman–Crippen MR) is 156 cm³/mol. The van der Waals surface area contributed by atoms with Gasteiger partial charge < -0.3 is 14.6 Å². The third-order valence-electron chi connectivity index (χ3n) is 8.54. The van der Waals surface area contributed by atoms with Gasteiger partial charge in [-0.2, -0.15) is 9.78 Å². The highest BCUT2D eigenvalue weighted by atomic mass is 19.3. The van der Waals surface area contributed by atoms with E-state index in [0.29, 0.717) is 23.9 Å². The van der Waals surface area contributed by atoms with Gasteiger partial charge in [-0.1, -0.05) is 30.3 Å². The van der Waals surface area contributed by atoms with Crippen molar-refractivity contribution in [2.24, 2.45) is 5.92 Å². The lowest BCUT2D eigenvalue weighted by Gasteiger charge is -2.40. The zero-order valence-electron chi connectivity index (χ0n) is 24.2. The second-order valence-corrected chi connectivity index (χ2v) is 11.5. The summed E-state index contributed by atoms with van der Waals surface area (Å²) < 4.78 is 40.2. The van der Waals surface area contributed by atoms with E-state index in [1.54, 1.807) is 18.0 Å². The molecule has 220 valence electrons. The summed E-state index contributed by atoms with van der Waals surface area (Å²) in [7, 11) is 1.54. The Bertz CT molecular complexity index is 1590. The summed E-state index contributed by atoms with van der Waals surface area (Å²) in [5, 5.41) is 14.0. The van der Waals surface area contributed by atoms with Crippen LogP contribution in [-0.2, 0) is 26.2 Å². The molecule has 1 aliphatic carbocycles. The van der Waals surface area contributed by atoms with Gasteiger partial charge in [0, 0.05) is 38.0 Å². The van der Waals surface area contributed by atoms with Crippen molar-refractivity contribution in [3.05, 3.63) is 88.1 Å². The third kappa shape index (κ3) is 5.51. The molecule has 9 heteroatoms. The van der Waals surface area contributed by atoms with Crippen LogP contribution in [0.3, 0.4) is 0 Å². The quantitative estimate of drug-likeness (QED) is 0.263. The van der Waals surface area contributed by atoms with Crippen LogP contribution in [-0.4, -0.2) is 50.9 Å². The number of halogens is 2. The number of methoxy groups -OCH3 is 1. The van der Waals surface area contributed by atoms with Crippen LogP contribution in [0.25, 0.3) is 17.1 Å². The first-order valence-electron chi connectivity index (χ1n) is 14.4. The number of aromatic nitrogens is 3. The minimum absolute atomic E-state index is 0.0223. The summed E-state index contributed by atoms with van der Waals surface area (Å²) in [6, 6.07) is 16.0. The lowest BCUT2D eigenvalue weighted by molar-refractivity contribution is -0.117. The molecule has 2 aromatic heterocycles. The van der Waals surface area contributed by atoms with Gasteiger partial charge >= 0.3 is 0 Å². The smallest absolute Gasteiger partial charge is 0.248 e. The van der Waals surface area contributed by atoms with E-state index in [4.69, 9.17) is 14.5 Å². The number of benzene rings is 2. The maximum atomic E-state index is 13.3. The molecule has 0 unspecified atom stereocenters. The zero-order chi connectivity index (χ0) is 29.4. The van der Waals surface area contributed by atoms with E-state index in [0.717, 1.165) is 54.2 Å². The Morgan fingerprint density at radius 1 is 1.05 bits per heavy atom. The largest absolute Gasteiger partial charge is 0.488 e. The molecular weight excluding hydrogens is 538 g/mol. The number of ether oxygens (including phenoxy) is 2. The number of hydrogen-bond acceptors (Lipinski definition) is 6. The number of para-hydroxylation sites is 1. The third-order valence-corrected chi connectivity index (χ3v) is 8.54. The molecule has 0 saturated heterocycles. The Balaban J connectivity index is 1.20. The molecule has 0 bridgehead atoms. The number of pyridine rings is 1. The van der Waals surface area contributed by atoms with Crippen molar-refractivity contribution >= 4 is 0 Å². The number of rotatable bonds is 9. The molecule has 6 rings (SSSR count). The molecular formula is C33H36F2N4O3. The van der Waals surface area contributed by atoms with Crippen LogP contribution < -0.4 is 9.47 Å². The molecule has 0 radical (unpaired) electrons. The molecule has 0 spiro atoms. The van der Waals surface area contributed by atoms with Crippen molar-refractivity contribution < 1.29 is 23.4 Å². The van der Waals surface area contributed by atoms with Gasteiger partial charge in [-0.05, 0) is 72.2 Å². The minimum atomic E-state index is -2.46. The number of fused-ring (bicyclic) bond motifs is 1. The van der Waals surface area contributed by atoms with Gasteiger partial charge in [-0.3, -0.25) is 4.90 Å². The number of aliphatic hydroxyl groups is 1. The molecule has 7 nitrogen and oxygen atoms in total. The van der Waals surface area contributed by atoms with E-state index in [1.165, 1.54) is 16.7 Å². The fourth-order valence-electron chi connectivity index (χ4n) is 6.29. The molecule has 3 heterocycles. The van der Waals surface area contributed by atoms with Crippen LogP contribution in [0.1, 0.15) is 46.2 Å².